The van der Waals surface area contributed by atoms with Gasteiger partial charge in [-0.1, -0.05) is 26.7 Å². The van der Waals surface area contributed by atoms with Gasteiger partial charge in [0.1, 0.15) is 17.3 Å². The summed E-state index contributed by atoms with van der Waals surface area (Å²) in [6.45, 7) is 4.10. The van der Waals surface area contributed by atoms with E-state index in [2.05, 4.69) is 4.74 Å². The highest BCUT2D eigenvalue weighted by molar-refractivity contribution is 5.92. The third kappa shape index (κ3) is 6.75. The van der Waals surface area contributed by atoms with Crippen molar-refractivity contribution < 1.29 is 41.4 Å². The topological polar surface area (TPSA) is 61.8 Å². The largest absolute Gasteiger partial charge is 0.573 e. The van der Waals surface area contributed by atoms with Gasteiger partial charge in [0.05, 0.1) is 17.7 Å². The summed E-state index contributed by atoms with van der Waals surface area (Å²) in [6, 6.07) is 7.25. The van der Waals surface area contributed by atoms with E-state index in [0.29, 0.717) is 0 Å². The van der Waals surface area contributed by atoms with Crippen molar-refractivity contribution in [2.45, 2.75) is 33.1 Å². The second-order valence-electron chi connectivity index (χ2n) is 6.38. The molecule has 0 aliphatic rings. The third-order valence-electron chi connectivity index (χ3n) is 4.30. The van der Waals surface area contributed by atoms with Crippen LogP contribution in [0, 0.1) is 11.7 Å². The highest BCUT2D eigenvalue weighted by atomic mass is 19.4. The molecule has 162 valence electrons. The minimum absolute atomic E-state index is 0.0707. The molecular formula is C21H20F4O5. The van der Waals surface area contributed by atoms with E-state index in [-0.39, 0.29) is 29.4 Å². The van der Waals surface area contributed by atoms with E-state index in [4.69, 9.17) is 9.47 Å². The normalized spacial score (nSPS) is 11.3. The number of ether oxygens (including phenoxy) is 3. The Balaban J connectivity index is 2.01. The number of alkyl halides is 3. The van der Waals surface area contributed by atoms with Crippen LogP contribution < -0.4 is 9.47 Å². The van der Waals surface area contributed by atoms with Crippen LogP contribution in [-0.2, 0) is 4.74 Å². The lowest BCUT2D eigenvalue weighted by molar-refractivity contribution is -0.274. The van der Waals surface area contributed by atoms with E-state index in [0.717, 1.165) is 49.2 Å². The minimum atomic E-state index is -4.85. The Bertz CT molecular complexity index is 874. The van der Waals surface area contributed by atoms with Gasteiger partial charge in [0, 0.05) is 6.07 Å². The summed E-state index contributed by atoms with van der Waals surface area (Å²) in [4.78, 5) is 24.1. The molecule has 0 N–H and O–H groups in total. The average Bonchev–Trinajstić information content (AvgIpc) is 2.68. The van der Waals surface area contributed by atoms with E-state index < -0.39 is 29.9 Å². The maximum Gasteiger partial charge on any atom is 0.573 e. The predicted octanol–water partition coefficient (Wildman–Crippen LogP) is 5.54. The lowest BCUT2D eigenvalue weighted by atomic mass is 10.1. The van der Waals surface area contributed by atoms with Crippen molar-refractivity contribution in [3.8, 4) is 11.5 Å². The summed E-state index contributed by atoms with van der Waals surface area (Å²) >= 11 is 0. The fourth-order valence-electron chi connectivity index (χ4n) is 2.48. The molecule has 0 radical (unpaired) electrons. The Labute approximate surface area is 170 Å². The van der Waals surface area contributed by atoms with Gasteiger partial charge >= 0.3 is 18.3 Å². The van der Waals surface area contributed by atoms with Gasteiger partial charge in [-0.25, -0.2) is 14.0 Å². The highest BCUT2D eigenvalue weighted by Gasteiger charge is 2.31. The summed E-state index contributed by atoms with van der Waals surface area (Å²) in [5, 5.41) is 0. The van der Waals surface area contributed by atoms with Crippen LogP contribution in [0.2, 0.25) is 0 Å². The van der Waals surface area contributed by atoms with Crippen molar-refractivity contribution >= 4 is 11.9 Å². The van der Waals surface area contributed by atoms with Crippen molar-refractivity contribution in [2.24, 2.45) is 5.92 Å². The lowest BCUT2D eigenvalue weighted by Crippen LogP contribution is -2.17. The number of benzene rings is 2. The molecule has 0 amide bonds. The monoisotopic (exact) mass is 428 g/mol. The molecule has 0 heterocycles. The van der Waals surface area contributed by atoms with Crippen LogP contribution in [-0.4, -0.2) is 24.9 Å². The minimum Gasteiger partial charge on any atom is -0.462 e. The molecule has 0 bridgehead atoms. The van der Waals surface area contributed by atoms with E-state index in [1.165, 1.54) is 6.07 Å². The number of hydrogen-bond acceptors (Lipinski definition) is 5. The molecule has 5 nitrogen and oxygen atoms in total. The molecule has 0 atom stereocenters. The van der Waals surface area contributed by atoms with Gasteiger partial charge in [0.25, 0.3) is 0 Å². The first-order valence-corrected chi connectivity index (χ1v) is 9.17. The smallest absolute Gasteiger partial charge is 0.462 e. The lowest BCUT2D eigenvalue weighted by Gasteiger charge is -2.13. The number of halogens is 4. The van der Waals surface area contributed by atoms with Crippen LogP contribution in [0.15, 0.2) is 42.5 Å². The van der Waals surface area contributed by atoms with Gasteiger partial charge in [-0.2, -0.15) is 0 Å². The number of carbonyl (C=O) groups excluding carboxylic acids is 2. The van der Waals surface area contributed by atoms with Gasteiger partial charge in [0.2, 0.25) is 0 Å². The first-order chi connectivity index (χ1) is 14.1. The molecule has 0 aliphatic carbocycles. The summed E-state index contributed by atoms with van der Waals surface area (Å²) in [6.07, 6.45) is -3.20. The molecule has 0 saturated carbocycles. The molecule has 0 aromatic heterocycles. The van der Waals surface area contributed by atoms with Crippen LogP contribution in [0.25, 0.3) is 0 Å². The molecule has 0 aliphatic heterocycles. The van der Waals surface area contributed by atoms with Gasteiger partial charge in [0.15, 0.2) is 0 Å². The highest BCUT2D eigenvalue weighted by Crippen LogP contribution is 2.24. The Morgan fingerprint density at radius 1 is 0.933 bits per heavy atom. The van der Waals surface area contributed by atoms with Crippen LogP contribution >= 0.6 is 0 Å². The van der Waals surface area contributed by atoms with Crippen molar-refractivity contribution in [1.82, 2.24) is 0 Å². The summed E-state index contributed by atoms with van der Waals surface area (Å²) < 4.78 is 64.5. The molecule has 0 unspecified atom stereocenters. The Morgan fingerprint density at radius 3 is 2.07 bits per heavy atom. The van der Waals surface area contributed by atoms with Gasteiger partial charge < -0.3 is 14.2 Å². The zero-order valence-electron chi connectivity index (χ0n) is 16.3. The predicted molar refractivity (Wildman–Crippen MR) is 98.8 cm³/mol. The Morgan fingerprint density at radius 2 is 1.53 bits per heavy atom. The van der Waals surface area contributed by atoms with E-state index >= 15 is 0 Å². The standard InChI is InChI=1S/C21H20F4O5/c1-3-13(4-2)12-28-20(27)17-10-9-16(11-18(17)22)29-19(26)14-5-7-15(8-6-14)30-21(23,24)25/h5-11,13H,3-4,12H2,1-2H3. The van der Waals surface area contributed by atoms with Crippen molar-refractivity contribution in [1.29, 1.82) is 0 Å². The first kappa shape index (κ1) is 23.2. The van der Waals surface area contributed by atoms with Gasteiger partial charge in [-0.05, 0) is 42.3 Å². The zero-order valence-corrected chi connectivity index (χ0v) is 16.3. The fourth-order valence-corrected chi connectivity index (χ4v) is 2.48. The maximum atomic E-state index is 14.2. The van der Waals surface area contributed by atoms with Crippen molar-refractivity contribution in [3.05, 3.63) is 59.4 Å². The van der Waals surface area contributed by atoms with E-state index in [9.17, 15) is 27.2 Å². The third-order valence-corrected chi connectivity index (χ3v) is 4.30. The molecule has 2 aromatic carbocycles. The number of carbonyl (C=O) groups is 2. The quantitative estimate of drug-likeness (QED) is 0.314. The first-order valence-electron chi connectivity index (χ1n) is 9.17. The van der Waals surface area contributed by atoms with Crippen LogP contribution in [0.5, 0.6) is 11.5 Å². The number of hydrogen-bond donors (Lipinski definition) is 0. The van der Waals surface area contributed by atoms with Crippen LogP contribution in [0.3, 0.4) is 0 Å². The van der Waals surface area contributed by atoms with Crippen molar-refractivity contribution in [2.75, 3.05) is 6.61 Å². The Hall–Kier alpha value is -3.10. The second kappa shape index (κ2) is 10.1. The fraction of sp³-hybridized carbons (Fsp3) is 0.333. The van der Waals surface area contributed by atoms with E-state index in [1.54, 1.807) is 0 Å². The number of rotatable bonds is 8. The van der Waals surface area contributed by atoms with Crippen LogP contribution in [0.1, 0.15) is 47.4 Å². The molecule has 9 heteroatoms. The molecule has 0 fully saturated rings. The summed E-state index contributed by atoms with van der Waals surface area (Å²) in [5.74, 6) is -3.16. The average molecular weight is 428 g/mol. The molecular weight excluding hydrogens is 408 g/mol. The molecule has 2 aromatic rings. The summed E-state index contributed by atoms with van der Waals surface area (Å²) in [5.41, 5.74) is -0.368. The maximum absolute atomic E-state index is 14.2. The van der Waals surface area contributed by atoms with Crippen LogP contribution in [0.4, 0.5) is 17.6 Å². The molecule has 2 rings (SSSR count). The molecule has 0 spiro atoms. The zero-order chi connectivity index (χ0) is 22.3. The molecule has 30 heavy (non-hydrogen) atoms. The van der Waals surface area contributed by atoms with Crippen molar-refractivity contribution in [3.63, 3.8) is 0 Å². The Kier molecular flexibility index (Phi) is 7.79. The second-order valence-corrected chi connectivity index (χ2v) is 6.38. The number of esters is 2. The summed E-state index contributed by atoms with van der Waals surface area (Å²) in [7, 11) is 0. The van der Waals surface area contributed by atoms with Gasteiger partial charge in [-0.3, -0.25) is 0 Å². The van der Waals surface area contributed by atoms with E-state index in [1.807, 2.05) is 13.8 Å². The molecule has 0 saturated heterocycles. The SMILES string of the molecule is CCC(CC)COC(=O)c1ccc(OC(=O)c2ccc(OC(F)(F)F)cc2)cc1F. The van der Waals surface area contributed by atoms with Gasteiger partial charge in [-0.15, -0.1) is 13.2 Å².